The maximum absolute atomic E-state index is 11.2. The van der Waals surface area contributed by atoms with E-state index < -0.39 is 11.9 Å². The van der Waals surface area contributed by atoms with Crippen LogP contribution in [-0.4, -0.2) is 124 Å². The Morgan fingerprint density at radius 3 is 1.05 bits per heavy atom. The second-order valence-corrected chi connectivity index (χ2v) is 7.42. The summed E-state index contributed by atoms with van der Waals surface area (Å²) in [5, 5.41) is 0. The van der Waals surface area contributed by atoms with Crippen molar-refractivity contribution in [2.45, 2.75) is 0 Å². The van der Waals surface area contributed by atoms with Crippen molar-refractivity contribution < 1.29 is 52.5 Å². The number of ether oxygens (including phenoxy) is 5. The third-order valence-corrected chi connectivity index (χ3v) is 4.54. The lowest BCUT2D eigenvalue weighted by Gasteiger charge is -2.14. The Kier molecular flexibility index (Phi) is 17.5. The highest BCUT2D eigenvalue weighted by molar-refractivity contribution is 6.13. The number of carbonyl (C=O) groups is 6. The van der Waals surface area contributed by atoms with Gasteiger partial charge in [0.25, 0.3) is 23.6 Å². The van der Waals surface area contributed by atoms with Gasteiger partial charge in [-0.2, -0.15) is 0 Å². The van der Waals surface area contributed by atoms with Gasteiger partial charge in [-0.15, -0.1) is 0 Å². The van der Waals surface area contributed by atoms with Crippen molar-refractivity contribution in [1.29, 1.82) is 0 Å². The smallest absolute Gasteiger partial charge is 0.338 e. The van der Waals surface area contributed by atoms with Crippen LogP contribution in [0, 0.1) is 0 Å². The first-order chi connectivity index (χ1) is 18.8. The lowest BCUT2D eigenvalue weighted by Crippen LogP contribution is -2.34. The second-order valence-electron chi connectivity index (χ2n) is 7.42. The Morgan fingerprint density at radius 2 is 0.795 bits per heavy atom. The van der Waals surface area contributed by atoms with Crippen molar-refractivity contribution >= 4 is 35.6 Å². The Morgan fingerprint density at radius 1 is 0.487 bits per heavy atom. The molecular formula is C24H34N4O11. The molecule has 0 spiro atoms. The quantitative estimate of drug-likeness (QED) is 0.0872. The summed E-state index contributed by atoms with van der Waals surface area (Å²) in [5.41, 5.74) is 10.4. The lowest BCUT2D eigenvalue weighted by atomic mass is 10.5. The third kappa shape index (κ3) is 14.8. The largest absolute Gasteiger partial charge is 0.387 e. The number of rotatable bonds is 16. The Balaban J connectivity index is 0.000000367. The molecule has 0 aliphatic carbocycles. The number of carbonyl (C=O) groups excluding carboxylic acids is 6. The van der Waals surface area contributed by atoms with E-state index in [9.17, 15) is 28.8 Å². The van der Waals surface area contributed by atoms with E-state index >= 15 is 0 Å². The Labute approximate surface area is 225 Å². The minimum absolute atomic E-state index is 0.202. The van der Waals surface area contributed by atoms with E-state index in [2.05, 4.69) is 4.74 Å². The monoisotopic (exact) mass is 554 g/mol. The van der Waals surface area contributed by atoms with Gasteiger partial charge in [0, 0.05) is 49.5 Å². The SMILES string of the molecule is NCCOCCOCCN.O=C1C=CC(=O)N1CCOCCOCCN1C(=O)C=CC1=O.O=C1C=CC(=O)O1. The summed E-state index contributed by atoms with van der Waals surface area (Å²) in [6.07, 6.45) is 7.07. The fourth-order valence-electron chi connectivity index (χ4n) is 2.73. The highest BCUT2D eigenvalue weighted by Crippen LogP contribution is 2.03. The van der Waals surface area contributed by atoms with Crippen LogP contribution in [0.3, 0.4) is 0 Å². The number of hydrogen-bond acceptors (Lipinski definition) is 13. The maximum atomic E-state index is 11.2. The zero-order valence-electron chi connectivity index (χ0n) is 21.5. The molecule has 0 saturated carbocycles. The van der Waals surface area contributed by atoms with Crippen molar-refractivity contribution in [1.82, 2.24) is 9.80 Å². The number of nitrogens with zero attached hydrogens (tertiary/aromatic N) is 2. The highest BCUT2D eigenvalue weighted by Gasteiger charge is 2.23. The third-order valence-electron chi connectivity index (χ3n) is 4.54. The molecule has 15 heteroatoms. The molecule has 0 fully saturated rings. The molecule has 3 rings (SSSR count). The van der Waals surface area contributed by atoms with E-state index in [1.807, 2.05) is 0 Å². The number of esters is 2. The summed E-state index contributed by atoms with van der Waals surface area (Å²) < 4.78 is 24.5. The number of hydrogen-bond donors (Lipinski definition) is 2. The minimum Gasteiger partial charge on any atom is -0.387 e. The molecule has 216 valence electrons. The predicted molar refractivity (Wildman–Crippen MR) is 133 cm³/mol. The standard InChI is InChI=1S/C14H16N2O6.C6H16N2O2.C4H2O3/c17-11-1-2-12(18)15(11)5-7-21-9-10-22-8-6-16-13(19)3-4-14(16)20;7-1-3-9-5-6-10-4-2-8;5-3-1-2-4(6)7-3/h1-4H,5-10H2;1-8H2;1-2H. The van der Waals surface area contributed by atoms with Crippen LogP contribution in [0.4, 0.5) is 0 Å². The van der Waals surface area contributed by atoms with Gasteiger partial charge in [-0.1, -0.05) is 0 Å². The fraction of sp³-hybridized carbons (Fsp3) is 0.500. The van der Waals surface area contributed by atoms with Crippen molar-refractivity contribution in [3.05, 3.63) is 36.5 Å². The summed E-state index contributed by atoms with van der Waals surface area (Å²) in [6, 6.07) is 0. The van der Waals surface area contributed by atoms with Gasteiger partial charge in [-0.25, -0.2) is 9.59 Å². The van der Waals surface area contributed by atoms with E-state index in [-0.39, 0.29) is 49.9 Å². The van der Waals surface area contributed by atoms with Gasteiger partial charge < -0.3 is 35.2 Å². The number of nitrogens with two attached hydrogens (primary N) is 2. The van der Waals surface area contributed by atoms with Crippen molar-refractivity contribution in [2.24, 2.45) is 11.5 Å². The molecule has 0 aromatic heterocycles. The molecule has 3 aliphatic heterocycles. The molecule has 4 amide bonds. The summed E-state index contributed by atoms with van der Waals surface area (Å²) in [4.78, 5) is 67.0. The van der Waals surface area contributed by atoms with Crippen LogP contribution in [0.1, 0.15) is 0 Å². The molecule has 0 bridgehead atoms. The summed E-state index contributed by atoms with van der Waals surface area (Å²) >= 11 is 0. The van der Waals surface area contributed by atoms with Crippen LogP contribution in [0.25, 0.3) is 0 Å². The molecule has 0 radical (unpaired) electrons. The molecular weight excluding hydrogens is 520 g/mol. The first-order valence-corrected chi connectivity index (χ1v) is 12.0. The Bertz CT molecular complexity index is 825. The van der Waals surface area contributed by atoms with Crippen LogP contribution >= 0.6 is 0 Å². The molecule has 0 atom stereocenters. The number of amides is 4. The van der Waals surface area contributed by atoms with Crippen LogP contribution in [-0.2, 0) is 52.5 Å². The molecule has 15 nitrogen and oxygen atoms in total. The predicted octanol–water partition coefficient (Wildman–Crippen LogP) is -2.57. The zero-order chi connectivity index (χ0) is 28.9. The minimum atomic E-state index is -0.579. The summed E-state index contributed by atoms with van der Waals surface area (Å²) in [6.45, 7) is 5.01. The highest BCUT2D eigenvalue weighted by atomic mass is 16.6. The van der Waals surface area contributed by atoms with E-state index in [0.29, 0.717) is 52.7 Å². The Hall–Kier alpha value is -3.60. The molecule has 0 aromatic carbocycles. The van der Waals surface area contributed by atoms with Crippen molar-refractivity contribution in [2.75, 3.05) is 79.0 Å². The first-order valence-electron chi connectivity index (χ1n) is 12.0. The molecule has 3 aliphatic rings. The van der Waals surface area contributed by atoms with E-state index in [1.165, 1.54) is 24.3 Å². The molecule has 0 unspecified atom stereocenters. The zero-order valence-corrected chi connectivity index (χ0v) is 21.5. The molecule has 3 heterocycles. The summed E-state index contributed by atoms with van der Waals surface area (Å²) in [5.74, 6) is -2.50. The van der Waals surface area contributed by atoms with Gasteiger partial charge in [0.05, 0.1) is 65.9 Å². The molecule has 4 N–H and O–H groups in total. The van der Waals surface area contributed by atoms with Crippen LogP contribution in [0.2, 0.25) is 0 Å². The topological polar surface area (TPSA) is 207 Å². The van der Waals surface area contributed by atoms with Gasteiger partial charge in [0.2, 0.25) is 0 Å². The number of cyclic esters (lactones) is 2. The van der Waals surface area contributed by atoms with Gasteiger partial charge in [-0.05, 0) is 0 Å². The van der Waals surface area contributed by atoms with E-state index in [0.717, 1.165) is 22.0 Å². The normalized spacial score (nSPS) is 15.6. The van der Waals surface area contributed by atoms with Gasteiger partial charge in [0.1, 0.15) is 0 Å². The van der Waals surface area contributed by atoms with Crippen LogP contribution in [0.5, 0.6) is 0 Å². The first kappa shape index (κ1) is 33.4. The summed E-state index contributed by atoms with van der Waals surface area (Å²) in [7, 11) is 0. The van der Waals surface area contributed by atoms with Crippen molar-refractivity contribution in [3.8, 4) is 0 Å². The van der Waals surface area contributed by atoms with Gasteiger partial charge in [-0.3, -0.25) is 29.0 Å². The van der Waals surface area contributed by atoms with Crippen molar-refractivity contribution in [3.63, 3.8) is 0 Å². The maximum Gasteiger partial charge on any atom is 0.338 e. The number of imide groups is 2. The van der Waals surface area contributed by atoms with Crippen LogP contribution in [0.15, 0.2) is 36.5 Å². The average Bonchev–Trinajstić information content (AvgIpc) is 3.56. The van der Waals surface area contributed by atoms with Crippen LogP contribution < -0.4 is 11.5 Å². The van der Waals surface area contributed by atoms with Gasteiger partial charge >= 0.3 is 11.9 Å². The average molecular weight is 555 g/mol. The second kappa shape index (κ2) is 20.4. The van der Waals surface area contributed by atoms with Gasteiger partial charge in [0.15, 0.2) is 0 Å². The molecule has 0 saturated heterocycles. The fourth-order valence-corrected chi connectivity index (χ4v) is 2.73. The van der Waals surface area contributed by atoms with E-state index in [1.54, 1.807) is 0 Å². The molecule has 0 aromatic rings. The lowest BCUT2D eigenvalue weighted by molar-refractivity contribution is -0.150. The molecule has 39 heavy (non-hydrogen) atoms. The van der Waals surface area contributed by atoms with E-state index in [4.69, 9.17) is 30.4 Å².